The van der Waals surface area contributed by atoms with Crippen molar-refractivity contribution >= 4 is 35.4 Å². The molecule has 0 aliphatic carbocycles. The number of rotatable bonds is 5. The standard InChI is InChI=1S/C25H28NSSi/c1-26(2,3)25(27-4)20-21-28(22-14-8-5-9-15-22,23-16-10-6-11-17-23)24-18-12-7-13-19-24/h5-19,25H,1-4H3/q+1. The molecular weight excluding hydrogens is 374 g/mol. The maximum Gasteiger partial charge on any atom is 0.230 e. The molecule has 0 heterocycles. The SMILES string of the molecule is CSC(C#C[Si](c1ccccc1)(c1ccccc1)c1ccccc1)[N+](C)(C)C. The topological polar surface area (TPSA) is 0 Å². The molecule has 1 atom stereocenters. The van der Waals surface area contributed by atoms with Gasteiger partial charge in [0, 0.05) is 0 Å². The number of hydrogen-bond donors (Lipinski definition) is 0. The lowest BCUT2D eigenvalue weighted by atomic mass is 10.3. The van der Waals surface area contributed by atoms with Gasteiger partial charge >= 0.3 is 0 Å². The lowest BCUT2D eigenvalue weighted by Gasteiger charge is -2.31. The van der Waals surface area contributed by atoms with Gasteiger partial charge in [-0.1, -0.05) is 103 Å². The van der Waals surface area contributed by atoms with E-state index in [-0.39, 0.29) is 5.37 Å². The third kappa shape index (κ3) is 4.25. The van der Waals surface area contributed by atoms with E-state index < -0.39 is 8.07 Å². The molecule has 142 valence electrons. The van der Waals surface area contributed by atoms with Crippen LogP contribution in [0.2, 0.25) is 0 Å². The third-order valence-corrected chi connectivity index (χ3v) is 10.2. The van der Waals surface area contributed by atoms with E-state index in [1.165, 1.54) is 15.6 Å². The first-order chi connectivity index (χ1) is 13.5. The van der Waals surface area contributed by atoms with Crippen LogP contribution >= 0.6 is 11.8 Å². The molecule has 0 spiro atoms. The molecule has 0 fully saturated rings. The van der Waals surface area contributed by atoms with Crippen molar-refractivity contribution in [3.05, 3.63) is 91.0 Å². The normalized spacial score (nSPS) is 12.7. The van der Waals surface area contributed by atoms with Crippen molar-refractivity contribution in [2.24, 2.45) is 0 Å². The highest BCUT2D eigenvalue weighted by Gasteiger charge is 2.38. The molecule has 0 amide bonds. The van der Waals surface area contributed by atoms with Gasteiger partial charge in [-0.3, -0.25) is 0 Å². The van der Waals surface area contributed by atoms with E-state index in [9.17, 15) is 0 Å². The van der Waals surface area contributed by atoms with E-state index in [0.717, 1.165) is 4.48 Å². The second kappa shape index (κ2) is 8.83. The molecule has 0 saturated carbocycles. The molecule has 3 aromatic rings. The predicted octanol–water partition coefficient (Wildman–Crippen LogP) is 3.09. The minimum absolute atomic E-state index is 0.225. The average Bonchev–Trinajstić information content (AvgIpc) is 2.72. The van der Waals surface area contributed by atoms with Crippen LogP contribution in [0.3, 0.4) is 0 Å². The zero-order valence-corrected chi connectivity index (χ0v) is 18.9. The van der Waals surface area contributed by atoms with Gasteiger partial charge in [0.25, 0.3) is 0 Å². The van der Waals surface area contributed by atoms with Gasteiger partial charge in [0.2, 0.25) is 8.07 Å². The van der Waals surface area contributed by atoms with Crippen molar-refractivity contribution in [2.45, 2.75) is 5.37 Å². The van der Waals surface area contributed by atoms with Crippen LogP contribution in [0, 0.1) is 11.5 Å². The number of hydrogen-bond acceptors (Lipinski definition) is 1. The average molecular weight is 403 g/mol. The first kappa shape index (κ1) is 20.5. The summed E-state index contributed by atoms with van der Waals surface area (Å²) < 4.78 is 0.816. The van der Waals surface area contributed by atoms with Crippen LogP contribution in [0.4, 0.5) is 0 Å². The molecule has 0 radical (unpaired) electrons. The highest BCUT2D eigenvalue weighted by Crippen LogP contribution is 2.15. The first-order valence-corrected chi connectivity index (χ1v) is 12.8. The molecular formula is C25H28NSSi+. The van der Waals surface area contributed by atoms with Crippen LogP contribution in [0.1, 0.15) is 0 Å². The van der Waals surface area contributed by atoms with Gasteiger partial charge in [-0.2, -0.15) is 0 Å². The summed E-state index contributed by atoms with van der Waals surface area (Å²) in [5.74, 6) is 3.69. The zero-order valence-electron chi connectivity index (χ0n) is 17.1. The smallest absolute Gasteiger partial charge is 0.230 e. The maximum absolute atomic E-state index is 3.89. The Kier molecular flexibility index (Phi) is 6.46. The fraction of sp³-hybridized carbons (Fsp3) is 0.200. The summed E-state index contributed by atoms with van der Waals surface area (Å²) in [7, 11) is 4.18. The summed E-state index contributed by atoms with van der Waals surface area (Å²) in [5.41, 5.74) is 3.89. The lowest BCUT2D eigenvalue weighted by Crippen LogP contribution is -2.66. The second-order valence-corrected chi connectivity index (χ2v) is 12.2. The Bertz CT molecular complexity index is 841. The predicted molar refractivity (Wildman–Crippen MR) is 127 cm³/mol. The molecule has 0 bridgehead atoms. The number of quaternary nitrogens is 1. The summed E-state index contributed by atoms with van der Waals surface area (Å²) in [4.78, 5) is 0. The Hall–Kier alpha value is -2.25. The number of benzene rings is 3. The molecule has 1 nitrogen and oxygen atoms in total. The van der Waals surface area contributed by atoms with Gasteiger partial charge in [-0.15, -0.1) is 5.54 Å². The highest BCUT2D eigenvalue weighted by molar-refractivity contribution is 7.99. The van der Waals surface area contributed by atoms with Crippen LogP contribution in [-0.4, -0.2) is 45.3 Å². The molecule has 0 aromatic heterocycles. The molecule has 0 N–H and O–H groups in total. The van der Waals surface area contributed by atoms with E-state index in [4.69, 9.17) is 0 Å². The van der Waals surface area contributed by atoms with Crippen molar-refractivity contribution in [1.29, 1.82) is 0 Å². The van der Waals surface area contributed by atoms with Crippen LogP contribution in [0.25, 0.3) is 0 Å². The van der Waals surface area contributed by atoms with Crippen molar-refractivity contribution < 1.29 is 4.48 Å². The molecule has 0 saturated heterocycles. The van der Waals surface area contributed by atoms with E-state index in [1.54, 1.807) is 0 Å². The van der Waals surface area contributed by atoms with Gasteiger partial charge in [0.15, 0.2) is 5.37 Å². The summed E-state index contributed by atoms with van der Waals surface area (Å²) in [6.45, 7) is 0. The minimum Gasteiger partial charge on any atom is -0.310 e. The largest absolute Gasteiger partial charge is 0.310 e. The quantitative estimate of drug-likeness (QED) is 0.208. The molecule has 3 rings (SSSR count). The number of thioether (sulfide) groups is 1. The van der Waals surface area contributed by atoms with Gasteiger partial charge in [-0.25, -0.2) is 0 Å². The van der Waals surface area contributed by atoms with Crippen LogP contribution < -0.4 is 15.6 Å². The summed E-state index contributed by atoms with van der Waals surface area (Å²) in [5, 5.41) is 4.23. The van der Waals surface area contributed by atoms with Gasteiger partial charge in [0.1, 0.15) is 0 Å². The first-order valence-electron chi connectivity index (χ1n) is 9.51. The van der Waals surface area contributed by atoms with Crippen molar-refractivity contribution in [1.82, 2.24) is 0 Å². The van der Waals surface area contributed by atoms with Gasteiger partial charge in [0.05, 0.1) is 21.1 Å². The van der Waals surface area contributed by atoms with Crippen molar-refractivity contribution in [3.63, 3.8) is 0 Å². The van der Waals surface area contributed by atoms with E-state index in [2.05, 4.69) is 130 Å². The molecule has 1 unspecified atom stereocenters. The Morgan fingerprint density at radius 1 is 0.679 bits per heavy atom. The summed E-state index contributed by atoms with van der Waals surface area (Å²) in [6.07, 6.45) is 2.15. The number of nitrogens with zero attached hydrogens (tertiary/aromatic N) is 1. The van der Waals surface area contributed by atoms with Gasteiger partial charge < -0.3 is 4.48 Å². The Morgan fingerprint density at radius 2 is 1.04 bits per heavy atom. The van der Waals surface area contributed by atoms with Crippen LogP contribution in [0.15, 0.2) is 91.0 Å². The van der Waals surface area contributed by atoms with Gasteiger partial charge in [-0.05, 0) is 27.7 Å². The summed E-state index contributed by atoms with van der Waals surface area (Å²) in [6, 6.07) is 32.6. The lowest BCUT2D eigenvalue weighted by molar-refractivity contribution is -0.872. The van der Waals surface area contributed by atoms with E-state index in [1.807, 2.05) is 11.8 Å². The van der Waals surface area contributed by atoms with Crippen molar-refractivity contribution in [3.8, 4) is 11.5 Å². The molecule has 28 heavy (non-hydrogen) atoms. The monoisotopic (exact) mass is 402 g/mol. The molecule has 0 aliphatic heterocycles. The molecule has 3 aromatic carbocycles. The fourth-order valence-corrected chi connectivity index (χ4v) is 8.30. The second-order valence-electron chi connectivity index (χ2n) is 7.82. The molecule has 3 heteroatoms. The van der Waals surface area contributed by atoms with Crippen LogP contribution in [0.5, 0.6) is 0 Å². The Morgan fingerprint density at radius 3 is 1.32 bits per heavy atom. The Labute approximate surface area is 175 Å². The van der Waals surface area contributed by atoms with Crippen LogP contribution in [-0.2, 0) is 0 Å². The fourth-order valence-electron chi connectivity index (χ4n) is 3.52. The minimum atomic E-state index is -2.47. The maximum atomic E-state index is 3.89. The molecule has 0 aliphatic rings. The van der Waals surface area contributed by atoms with E-state index >= 15 is 0 Å². The highest BCUT2D eigenvalue weighted by atomic mass is 32.2. The zero-order chi connectivity index (χ0) is 20.0. The Balaban J connectivity index is 2.33. The van der Waals surface area contributed by atoms with Crippen molar-refractivity contribution in [2.75, 3.05) is 27.4 Å². The van der Waals surface area contributed by atoms with E-state index in [0.29, 0.717) is 0 Å². The summed E-state index contributed by atoms with van der Waals surface area (Å²) >= 11 is 1.82. The third-order valence-electron chi connectivity index (χ3n) is 4.93.